The number of hydrogen-bond acceptors (Lipinski definition) is 3. The number of morpholine rings is 1. The number of rotatable bonds is 3. The van der Waals surface area contributed by atoms with Crippen LogP contribution in [-0.2, 0) is 11.2 Å². The highest BCUT2D eigenvalue weighted by Gasteiger charge is 2.44. The molecule has 1 N–H and O–H groups in total. The number of benzene rings is 1. The SMILES string of the molecule is COc1ccc(CC2(C)CNCC3(CCCC3)O2)cc1. The van der Waals surface area contributed by atoms with Crippen LogP contribution in [0.5, 0.6) is 5.75 Å². The molecule has 1 saturated carbocycles. The van der Waals surface area contributed by atoms with E-state index in [1.54, 1.807) is 7.11 Å². The van der Waals surface area contributed by atoms with E-state index in [9.17, 15) is 0 Å². The summed E-state index contributed by atoms with van der Waals surface area (Å²) in [6.45, 7) is 4.19. The molecule has 0 aromatic heterocycles. The molecular formula is C17H25NO2. The maximum absolute atomic E-state index is 6.59. The van der Waals surface area contributed by atoms with Crippen LogP contribution in [0.3, 0.4) is 0 Å². The lowest BCUT2D eigenvalue weighted by Gasteiger charge is -2.46. The van der Waals surface area contributed by atoms with Crippen LogP contribution in [0.2, 0.25) is 0 Å². The second-order valence-corrected chi connectivity index (χ2v) is 6.57. The molecule has 1 aromatic rings. The molecule has 1 heterocycles. The molecule has 1 atom stereocenters. The van der Waals surface area contributed by atoms with Crippen molar-refractivity contribution >= 4 is 0 Å². The molecule has 2 aliphatic rings. The molecule has 20 heavy (non-hydrogen) atoms. The van der Waals surface area contributed by atoms with E-state index in [1.807, 2.05) is 12.1 Å². The lowest BCUT2D eigenvalue weighted by Crippen LogP contribution is -2.59. The Morgan fingerprint density at radius 3 is 2.50 bits per heavy atom. The van der Waals surface area contributed by atoms with Crippen LogP contribution in [0.1, 0.15) is 38.2 Å². The van der Waals surface area contributed by atoms with Gasteiger partial charge in [-0.15, -0.1) is 0 Å². The number of nitrogens with one attached hydrogen (secondary N) is 1. The zero-order chi connectivity index (χ0) is 14.1. The first kappa shape index (κ1) is 13.9. The fraction of sp³-hybridized carbons (Fsp3) is 0.647. The quantitative estimate of drug-likeness (QED) is 0.920. The first-order chi connectivity index (χ1) is 9.63. The average molecular weight is 275 g/mol. The van der Waals surface area contributed by atoms with Gasteiger partial charge in [-0.05, 0) is 37.5 Å². The molecule has 1 aliphatic carbocycles. The molecule has 0 radical (unpaired) electrons. The van der Waals surface area contributed by atoms with Crippen LogP contribution >= 0.6 is 0 Å². The predicted octanol–water partition coefficient (Wildman–Crippen LogP) is 2.93. The summed E-state index contributed by atoms with van der Waals surface area (Å²) >= 11 is 0. The van der Waals surface area contributed by atoms with Crippen molar-refractivity contribution in [1.82, 2.24) is 5.32 Å². The van der Waals surface area contributed by atoms with Crippen LogP contribution in [0.4, 0.5) is 0 Å². The zero-order valence-corrected chi connectivity index (χ0v) is 12.6. The Morgan fingerprint density at radius 1 is 1.15 bits per heavy atom. The first-order valence-corrected chi connectivity index (χ1v) is 7.67. The van der Waals surface area contributed by atoms with E-state index in [1.165, 1.54) is 31.2 Å². The van der Waals surface area contributed by atoms with Gasteiger partial charge in [-0.25, -0.2) is 0 Å². The van der Waals surface area contributed by atoms with Crippen molar-refractivity contribution in [3.05, 3.63) is 29.8 Å². The zero-order valence-electron chi connectivity index (χ0n) is 12.6. The van der Waals surface area contributed by atoms with Gasteiger partial charge in [0, 0.05) is 19.5 Å². The monoisotopic (exact) mass is 275 g/mol. The fourth-order valence-corrected chi connectivity index (χ4v) is 3.72. The first-order valence-electron chi connectivity index (χ1n) is 7.67. The maximum Gasteiger partial charge on any atom is 0.118 e. The molecule has 3 heteroatoms. The molecule has 1 saturated heterocycles. The summed E-state index contributed by atoms with van der Waals surface area (Å²) in [6.07, 6.45) is 5.97. The highest BCUT2D eigenvalue weighted by molar-refractivity contribution is 5.28. The number of ether oxygens (including phenoxy) is 2. The second-order valence-electron chi connectivity index (χ2n) is 6.57. The van der Waals surface area contributed by atoms with E-state index in [-0.39, 0.29) is 11.2 Å². The third-order valence-electron chi connectivity index (χ3n) is 4.66. The van der Waals surface area contributed by atoms with Crippen molar-refractivity contribution in [1.29, 1.82) is 0 Å². The van der Waals surface area contributed by atoms with E-state index in [2.05, 4.69) is 24.4 Å². The molecule has 0 bridgehead atoms. The maximum atomic E-state index is 6.59. The van der Waals surface area contributed by atoms with Crippen LogP contribution in [0.25, 0.3) is 0 Å². The number of methoxy groups -OCH3 is 1. The van der Waals surface area contributed by atoms with Crippen molar-refractivity contribution < 1.29 is 9.47 Å². The Labute approximate surface area is 121 Å². The van der Waals surface area contributed by atoms with Gasteiger partial charge >= 0.3 is 0 Å². The third kappa shape index (κ3) is 2.84. The Morgan fingerprint density at radius 2 is 1.85 bits per heavy atom. The van der Waals surface area contributed by atoms with Gasteiger partial charge < -0.3 is 14.8 Å². The molecule has 1 spiro atoms. The summed E-state index contributed by atoms with van der Waals surface area (Å²) < 4.78 is 11.8. The van der Waals surface area contributed by atoms with Gasteiger partial charge in [-0.3, -0.25) is 0 Å². The third-order valence-corrected chi connectivity index (χ3v) is 4.66. The molecular weight excluding hydrogens is 250 g/mol. The minimum Gasteiger partial charge on any atom is -0.497 e. The van der Waals surface area contributed by atoms with Gasteiger partial charge in [0.1, 0.15) is 5.75 Å². The van der Waals surface area contributed by atoms with Gasteiger partial charge in [0.25, 0.3) is 0 Å². The van der Waals surface area contributed by atoms with Crippen LogP contribution < -0.4 is 10.1 Å². The second kappa shape index (κ2) is 5.38. The summed E-state index contributed by atoms with van der Waals surface area (Å²) in [7, 11) is 1.70. The van der Waals surface area contributed by atoms with E-state index < -0.39 is 0 Å². The molecule has 3 nitrogen and oxygen atoms in total. The molecule has 1 unspecified atom stereocenters. The largest absolute Gasteiger partial charge is 0.497 e. The van der Waals surface area contributed by atoms with Gasteiger partial charge in [0.05, 0.1) is 18.3 Å². The van der Waals surface area contributed by atoms with Gasteiger partial charge in [0.2, 0.25) is 0 Å². The van der Waals surface area contributed by atoms with Crippen molar-refractivity contribution in [3.8, 4) is 5.75 Å². The smallest absolute Gasteiger partial charge is 0.118 e. The summed E-state index contributed by atoms with van der Waals surface area (Å²) in [5.41, 5.74) is 1.31. The highest BCUT2D eigenvalue weighted by Crippen LogP contribution is 2.39. The van der Waals surface area contributed by atoms with Gasteiger partial charge in [0.15, 0.2) is 0 Å². The molecule has 0 amide bonds. The van der Waals surface area contributed by atoms with E-state index in [0.29, 0.717) is 0 Å². The van der Waals surface area contributed by atoms with Crippen molar-refractivity contribution in [2.75, 3.05) is 20.2 Å². The van der Waals surface area contributed by atoms with E-state index in [4.69, 9.17) is 9.47 Å². The summed E-state index contributed by atoms with van der Waals surface area (Å²) in [5, 5.41) is 3.60. The molecule has 110 valence electrons. The normalized spacial score (nSPS) is 28.7. The standard InChI is InChI=1S/C17H25NO2/c1-16(11-14-5-7-15(19-2)8-6-14)12-18-13-17(20-16)9-3-4-10-17/h5-8,18H,3-4,9-13H2,1-2H3. The van der Waals surface area contributed by atoms with E-state index >= 15 is 0 Å². The fourth-order valence-electron chi connectivity index (χ4n) is 3.72. The lowest BCUT2D eigenvalue weighted by atomic mass is 9.90. The minimum absolute atomic E-state index is 0.0967. The summed E-state index contributed by atoms with van der Waals surface area (Å²) in [5.74, 6) is 0.911. The Bertz CT molecular complexity index is 451. The van der Waals surface area contributed by atoms with Crippen molar-refractivity contribution in [2.45, 2.75) is 50.2 Å². The van der Waals surface area contributed by atoms with Crippen molar-refractivity contribution in [2.24, 2.45) is 0 Å². The minimum atomic E-state index is -0.100. The Hall–Kier alpha value is -1.06. The van der Waals surface area contributed by atoms with Crippen molar-refractivity contribution in [3.63, 3.8) is 0 Å². The Balaban J connectivity index is 1.71. The van der Waals surface area contributed by atoms with Crippen LogP contribution in [-0.4, -0.2) is 31.4 Å². The molecule has 1 aromatic carbocycles. The Kier molecular flexibility index (Phi) is 3.74. The summed E-state index contributed by atoms with van der Waals surface area (Å²) in [6, 6.07) is 8.34. The molecule has 2 fully saturated rings. The molecule has 3 rings (SSSR count). The molecule has 1 aliphatic heterocycles. The lowest BCUT2D eigenvalue weighted by molar-refractivity contribution is -0.166. The number of hydrogen-bond donors (Lipinski definition) is 1. The highest BCUT2D eigenvalue weighted by atomic mass is 16.5. The summed E-state index contributed by atoms with van der Waals surface area (Å²) in [4.78, 5) is 0. The topological polar surface area (TPSA) is 30.5 Å². The predicted molar refractivity (Wildman–Crippen MR) is 80.3 cm³/mol. The van der Waals surface area contributed by atoms with Gasteiger partial charge in [-0.1, -0.05) is 25.0 Å². The van der Waals surface area contributed by atoms with Gasteiger partial charge in [-0.2, -0.15) is 0 Å². The van der Waals surface area contributed by atoms with E-state index in [0.717, 1.165) is 25.3 Å². The van der Waals surface area contributed by atoms with Crippen LogP contribution in [0.15, 0.2) is 24.3 Å². The average Bonchev–Trinajstić information content (AvgIpc) is 2.87. The van der Waals surface area contributed by atoms with Crippen LogP contribution in [0, 0.1) is 0 Å².